The number of hydrogen-bond acceptors (Lipinski definition) is 3. The lowest BCUT2D eigenvalue weighted by atomic mass is 9.95. The lowest BCUT2D eigenvalue weighted by molar-refractivity contribution is -0.116. The van der Waals surface area contributed by atoms with Gasteiger partial charge in [-0.05, 0) is 31.0 Å². The standard InChI is InChI=1S/C15H21BrN2O3S/c1-22(20,21)18(14-8-3-2-4-9-14)11-15(19)17-13-7-5-6-12(16)10-13/h5-7,10,14H,2-4,8-9,11H2,1H3,(H,17,19). The van der Waals surface area contributed by atoms with E-state index in [-0.39, 0.29) is 18.5 Å². The maximum atomic E-state index is 12.2. The van der Waals surface area contributed by atoms with Crippen LogP contribution in [0.5, 0.6) is 0 Å². The number of sulfonamides is 1. The SMILES string of the molecule is CS(=O)(=O)N(CC(=O)Nc1cccc(Br)c1)C1CCCCC1. The van der Waals surface area contributed by atoms with Crippen LogP contribution in [0.1, 0.15) is 32.1 Å². The van der Waals surface area contributed by atoms with Gasteiger partial charge in [0, 0.05) is 16.2 Å². The number of amides is 1. The lowest BCUT2D eigenvalue weighted by Gasteiger charge is -2.31. The van der Waals surface area contributed by atoms with Gasteiger partial charge in [0.25, 0.3) is 0 Å². The van der Waals surface area contributed by atoms with Crippen molar-refractivity contribution >= 4 is 37.5 Å². The summed E-state index contributed by atoms with van der Waals surface area (Å²) in [4.78, 5) is 12.2. The molecule has 1 aliphatic carbocycles. The highest BCUT2D eigenvalue weighted by atomic mass is 79.9. The lowest BCUT2D eigenvalue weighted by Crippen LogP contribution is -2.45. The van der Waals surface area contributed by atoms with Crippen LogP contribution < -0.4 is 5.32 Å². The summed E-state index contributed by atoms with van der Waals surface area (Å²) in [6.45, 7) is -0.129. The van der Waals surface area contributed by atoms with E-state index in [2.05, 4.69) is 21.2 Å². The number of halogens is 1. The Morgan fingerprint density at radius 1 is 1.32 bits per heavy atom. The number of anilines is 1. The van der Waals surface area contributed by atoms with Gasteiger partial charge >= 0.3 is 0 Å². The summed E-state index contributed by atoms with van der Waals surface area (Å²) < 4.78 is 26.2. The quantitative estimate of drug-likeness (QED) is 0.842. The first-order valence-electron chi connectivity index (χ1n) is 7.38. The fraction of sp³-hybridized carbons (Fsp3) is 0.533. The van der Waals surface area contributed by atoms with E-state index in [4.69, 9.17) is 0 Å². The molecule has 122 valence electrons. The molecule has 0 heterocycles. The molecule has 22 heavy (non-hydrogen) atoms. The van der Waals surface area contributed by atoms with Gasteiger partial charge in [-0.15, -0.1) is 0 Å². The van der Waals surface area contributed by atoms with Crippen LogP contribution in [0.25, 0.3) is 0 Å². The third-order valence-electron chi connectivity index (χ3n) is 3.82. The molecule has 1 saturated carbocycles. The van der Waals surface area contributed by atoms with Crippen LogP contribution in [0.4, 0.5) is 5.69 Å². The van der Waals surface area contributed by atoms with Gasteiger partial charge < -0.3 is 5.32 Å². The van der Waals surface area contributed by atoms with Crippen molar-refractivity contribution in [2.45, 2.75) is 38.1 Å². The van der Waals surface area contributed by atoms with Gasteiger partial charge in [0.15, 0.2) is 0 Å². The topological polar surface area (TPSA) is 66.5 Å². The predicted octanol–water partition coefficient (Wildman–Crippen LogP) is 2.98. The van der Waals surface area contributed by atoms with Gasteiger partial charge in [-0.1, -0.05) is 41.3 Å². The number of benzene rings is 1. The van der Waals surface area contributed by atoms with Gasteiger partial charge in [0.05, 0.1) is 12.8 Å². The molecule has 0 saturated heterocycles. The van der Waals surface area contributed by atoms with Gasteiger partial charge in [-0.2, -0.15) is 4.31 Å². The van der Waals surface area contributed by atoms with Crippen molar-refractivity contribution in [3.05, 3.63) is 28.7 Å². The molecule has 1 aliphatic rings. The second-order valence-corrected chi connectivity index (χ2v) is 8.51. The van der Waals surface area contributed by atoms with E-state index in [0.717, 1.165) is 36.6 Å². The zero-order valence-electron chi connectivity index (χ0n) is 12.6. The first-order valence-corrected chi connectivity index (χ1v) is 10.0. The second kappa shape index (κ2) is 7.57. The largest absolute Gasteiger partial charge is 0.325 e. The molecule has 0 aliphatic heterocycles. The Morgan fingerprint density at radius 3 is 2.59 bits per heavy atom. The summed E-state index contributed by atoms with van der Waals surface area (Å²) in [5, 5.41) is 2.75. The number of nitrogens with one attached hydrogen (secondary N) is 1. The number of carbonyl (C=O) groups excluding carboxylic acids is 1. The van der Waals surface area contributed by atoms with Crippen molar-refractivity contribution in [2.24, 2.45) is 0 Å². The molecular weight excluding hydrogens is 368 g/mol. The monoisotopic (exact) mass is 388 g/mol. The van der Waals surface area contributed by atoms with E-state index in [9.17, 15) is 13.2 Å². The Balaban J connectivity index is 2.05. The van der Waals surface area contributed by atoms with Gasteiger partial charge in [-0.25, -0.2) is 8.42 Å². The number of carbonyl (C=O) groups is 1. The van der Waals surface area contributed by atoms with Crippen molar-refractivity contribution in [2.75, 3.05) is 18.1 Å². The third kappa shape index (κ3) is 5.07. The molecule has 0 spiro atoms. The normalized spacial score (nSPS) is 16.7. The summed E-state index contributed by atoms with van der Waals surface area (Å²) in [7, 11) is -3.40. The average Bonchev–Trinajstić information content (AvgIpc) is 2.44. The molecule has 0 unspecified atom stereocenters. The minimum absolute atomic E-state index is 0.0583. The number of nitrogens with zero attached hydrogens (tertiary/aromatic N) is 1. The van der Waals surface area contributed by atoms with E-state index in [1.165, 1.54) is 10.6 Å². The summed E-state index contributed by atoms with van der Waals surface area (Å²) >= 11 is 3.34. The van der Waals surface area contributed by atoms with E-state index in [0.29, 0.717) is 5.69 Å². The van der Waals surface area contributed by atoms with Gasteiger partial charge in [-0.3, -0.25) is 4.79 Å². The summed E-state index contributed by atoms with van der Waals surface area (Å²) in [6, 6.07) is 7.17. The minimum atomic E-state index is -3.40. The summed E-state index contributed by atoms with van der Waals surface area (Å²) in [6.07, 6.45) is 6.01. The molecule has 0 bridgehead atoms. The highest BCUT2D eigenvalue weighted by Gasteiger charge is 2.29. The summed E-state index contributed by atoms with van der Waals surface area (Å²) in [5.74, 6) is -0.311. The van der Waals surface area contributed by atoms with Crippen LogP contribution in [0.2, 0.25) is 0 Å². The van der Waals surface area contributed by atoms with E-state index < -0.39 is 10.0 Å². The fourth-order valence-electron chi connectivity index (χ4n) is 2.79. The summed E-state index contributed by atoms with van der Waals surface area (Å²) in [5.41, 5.74) is 0.650. The van der Waals surface area contributed by atoms with Crippen LogP contribution >= 0.6 is 15.9 Å². The Bertz CT molecular complexity index is 627. The first kappa shape index (κ1) is 17.4. The Labute approximate surface area is 140 Å². The van der Waals surface area contributed by atoms with Crippen LogP contribution in [0.3, 0.4) is 0 Å². The zero-order chi connectivity index (χ0) is 16.2. The Morgan fingerprint density at radius 2 is 2.00 bits per heavy atom. The Hall–Kier alpha value is -0.920. The maximum Gasteiger partial charge on any atom is 0.239 e. The van der Waals surface area contributed by atoms with Crippen molar-refractivity contribution < 1.29 is 13.2 Å². The maximum absolute atomic E-state index is 12.2. The van der Waals surface area contributed by atoms with Crippen LogP contribution in [0.15, 0.2) is 28.7 Å². The van der Waals surface area contributed by atoms with Crippen LogP contribution in [-0.2, 0) is 14.8 Å². The predicted molar refractivity (Wildman–Crippen MR) is 91.2 cm³/mol. The molecule has 1 amide bonds. The fourth-order valence-corrected chi connectivity index (χ4v) is 4.30. The molecule has 0 atom stereocenters. The molecule has 7 heteroatoms. The smallest absolute Gasteiger partial charge is 0.239 e. The number of hydrogen-bond donors (Lipinski definition) is 1. The van der Waals surface area contributed by atoms with E-state index >= 15 is 0 Å². The third-order valence-corrected chi connectivity index (χ3v) is 5.59. The van der Waals surface area contributed by atoms with Crippen molar-refractivity contribution in [3.63, 3.8) is 0 Å². The zero-order valence-corrected chi connectivity index (χ0v) is 15.0. The van der Waals surface area contributed by atoms with Crippen LogP contribution in [-0.4, -0.2) is 37.5 Å². The first-order chi connectivity index (χ1) is 10.4. The molecule has 1 aromatic carbocycles. The molecule has 0 aromatic heterocycles. The Kier molecular flexibility index (Phi) is 6.00. The van der Waals surface area contributed by atoms with E-state index in [1.54, 1.807) is 12.1 Å². The highest BCUT2D eigenvalue weighted by molar-refractivity contribution is 9.10. The average molecular weight is 389 g/mol. The molecule has 1 aromatic rings. The molecule has 0 radical (unpaired) electrons. The van der Waals surface area contributed by atoms with Crippen molar-refractivity contribution in [1.29, 1.82) is 0 Å². The van der Waals surface area contributed by atoms with Crippen molar-refractivity contribution in [1.82, 2.24) is 4.31 Å². The molecule has 5 nitrogen and oxygen atoms in total. The van der Waals surface area contributed by atoms with E-state index in [1.807, 2.05) is 12.1 Å². The number of rotatable bonds is 5. The second-order valence-electron chi connectivity index (χ2n) is 5.66. The van der Waals surface area contributed by atoms with Crippen molar-refractivity contribution in [3.8, 4) is 0 Å². The molecule has 2 rings (SSSR count). The highest BCUT2D eigenvalue weighted by Crippen LogP contribution is 2.24. The van der Waals surface area contributed by atoms with Crippen LogP contribution in [0, 0.1) is 0 Å². The molecule has 1 fully saturated rings. The van der Waals surface area contributed by atoms with Gasteiger partial charge in [0.2, 0.25) is 15.9 Å². The minimum Gasteiger partial charge on any atom is -0.325 e. The molecule has 1 N–H and O–H groups in total. The molecular formula is C15H21BrN2O3S. The van der Waals surface area contributed by atoms with Gasteiger partial charge in [0.1, 0.15) is 0 Å².